The van der Waals surface area contributed by atoms with Crippen LogP contribution in [0.4, 0.5) is 0 Å². The van der Waals surface area contributed by atoms with Crippen molar-refractivity contribution in [3.05, 3.63) is 240 Å². The summed E-state index contributed by atoms with van der Waals surface area (Å²) in [5.41, 5.74) is 30.8. The van der Waals surface area contributed by atoms with E-state index >= 15 is 0 Å². The minimum Gasteiger partial charge on any atom is -0.310 e. The van der Waals surface area contributed by atoms with Gasteiger partial charge in [-0.05, 0) is 136 Å². The third-order valence-electron chi connectivity index (χ3n) is 18.2. The van der Waals surface area contributed by atoms with E-state index in [1.54, 1.807) is 0 Å². The predicted octanol–water partition coefficient (Wildman–Crippen LogP) is 13.6. The van der Waals surface area contributed by atoms with E-state index in [0.29, 0.717) is 0 Å². The molecule has 0 saturated heterocycles. The average molecular weight is 995 g/mol. The molecule has 78 heavy (non-hydrogen) atoms. The molecule has 17 rings (SSSR count). The smallest absolute Gasteiger partial charge is 0.248 e. The third-order valence-corrected chi connectivity index (χ3v) is 18.2. The van der Waals surface area contributed by atoms with Crippen LogP contribution >= 0.6 is 0 Å². The van der Waals surface area contributed by atoms with Gasteiger partial charge in [-0.1, -0.05) is 178 Å². The van der Waals surface area contributed by atoms with E-state index in [-0.39, 0.29) is 13.4 Å². The fourth-order valence-electron chi connectivity index (χ4n) is 15.7. The SMILES string of the molecule is Cc1cc(C)c(B2c3cc(-n4c5ccccc5c5ccccc54)ccc3-n3c4ccccc4c4c5c6c(c2c43)c2ccccc2n6-c2ccc(-n3c4ccccc4c4ccccc43)cc2B5c2c(C)cc(C)cc2C)c(C)c1. The Bertz CT molecular complexity index is 4710. The Morgan fingerprint density at radius 3 is 0.872 bits per heavy atom. The summed E-state index contributed by atoms with van der Waals surface area (Å²) in [6.07, 6.45) is 0. The van der Waals surface area contributed by atoms with Crippen LogP contribution in [0.2, 0.25) is 0 Å². The number of hydrogen-bond donors (Lipinski definition) is 0. The van der Waals surface area contributed by atoms with Gasteiger partial charge in [0.05, 0.1) is 33.1 Å². The van der Waals surface area contributed by atoms with Crippen molar-refractivity contribution >= 4 is 133 Å². The molecule has 6 heteroatoms. The van der Waals surface area contributed by atoms with E-state index < -0.39 is 0 Å². The van der Waals surface area contributed by atoms with E-state index in [0.717, 1.165) is 0 Å². The number of aromatic nitrogens is 4. The summed E-state index contributed by atoms with van der Waals surface area (Å²) < 4.78 is 10.4. The molecule has 0 bridgehead atoms. The van der Waals surface area contributed by atoms with Crippen LogP contribution in [0.5, 0.6) is 0 Å². The fraction of sp³-hybridized carbons (Fsp3) is 0.0833. The summed E-state index contributed by atoms with van der Waals surface area (Å²) in [6.45, 7) is 13.7. The molecule has 0 aliphatic carbocycles. The van der Waals surface area contributed by atoms with Crippen LogP contribution in [0.1, 0.15) is 33.4 Å². The highest BCUT2D eigenvalue weighted by Crippen LogP contribution is 2.43. The molecule has 0 unspecified atom stereocenters. The van der Waals surface area contributed by atoms with Gasteiger partial charge < -0.3 is 18.3 Å². The number of nitrogens with zero attached hydrogens (tertiary/aromatic N) is 4. The Labute approximate surface area is 453 Å². The van der Waals surface area contributed by atoms with Crippen molar-refractivity contribution in [1.29, 1.82) is 0 Å². The molecule has 0 fully saturated rings. The topological polar surface area (TPSA) is 19.7 Å². The second-order valence-electron chi connectivity index (χ2n) is 22.7. The Hall–Kier alpha value is -9.25. The maximum Gasteiger partial charge on any atom is 0.248 e. The lowest BCUT2D eigenvalue weighted by molar-refractivity contribution is 1.15. The summed E-state index contributed by atoms with van der Waals surface area (Å²) in [5, 5.41) is 10.3. The van der Waals surface area contributed by atoms with Crippen molar-refractivity contribution in [1.82, 2.24) is 18.3 Å². The zero-order valence-electron chi connectivity index (χ0n) is 44.6. The van der Waals surface area contributed by atoms with E-state index in [9.17, 15) is 0 Å². The number of aryl methyl sites for hydroxylation is 6. The van der Waals surface area contributed by atoms with Gasteiger partial charge in [-0.2, -0.15) is 0 Å². The highest BCUT2D eigenvalue weighted by Gasteiger charge is 2.44. The molecular formula is C72H52B2N4. The molecule has 0 atom stereocenters. The summed E-state index contributed by atoms with van der Waals surface area (Å²) in [5.74, 6) is 0. The van der Waals surface area contributed by atoms with Gasteiger partial charge in [-0.15, -0.1) is 0 Å². The van der Waals surface area contributed by atoms with Gasteiger partial charge >= 0.3 is 0 Å². The first kappa shape index (κ1) is 43.9. The molecule has 0 saturated carbocycles. The van der Waals surface area contributed by atoms with Crippen LogP contribution < -0.4 is 32.8 Å². The van der Waals surface area contributed by atoms with Crippen LogP contribution in [-0.4, -0.2) is 31.7 Å². The molecule has 4 nitrogen and oxygen atoms in total. The molecular weight excluding hydrogens is 942 g/mol. The highest BCUT2D eigenvalue weighted by atomic mass is 15.0. The molecule has 2 aliphatic heterocycles. The molecule has 11 aromatic carbocycles. The van der Waals surface area contributed by atoms with Crippen LogP contribution in [0.3, 0.4) is 0 Å². The highest BCUT2D eigenvalue weighted by molar-refractivity contribution is 7.03. The van der Waals surface area contributed by atoms with Gasteiger partial charge in [0.1, 0.15) is 0 Å². The fourth-order valence-corrected chi connectivity index (χ4v) is 15.7. The van der Waals surface area contributed by atoms with Crippen molar-refractivity contribution in [2.45, 2.75) is 41.5 Å². The Morgan fingerprint density at radius 1 is 0.269 bits per heavy atom. The van der Waals surface area contributed by atoms with Gasteiger partial charge in [-0.3, -0.25) is 0 Å². The summed E-state index contributed by atoms with van der Waals surface area (Å²) in [6, 6.07) is 78.7. The summed E-state index contributed by atoms with van der Waals surface area (Å²) >= 11 is 0. The molecule has 15 aromatic rings. The van der Waals surface area contributed by atoms with E-state index in [2.05, 4.69) is 266 Å². The quantitative estimate of drug-likeness (QED) is 0.157. The van der Waals surface area contributed by atoms with Gasteiger partial charge in [0.25, 0.3) is 0 Å². The third kappa shape index (κ3) is 5.61. The molecule has 0 radical (unpaired) electrons. The molecule has 0 spiro atoms. The van der Waals surface area contributed by atoms with Crippen molar-refractivity contribution in [2.24, 2.45) is 0 Å². The number of para-hydroxylation sites is 6. The van der Waals surface area contributed by atoms with Crippen LogP contribution in [0.25, 0.3) is 110 Å². The number of rotatable bonds is 4. The first-order valence-corrected chi connectivity index (χ1v) is 27.7. The first-order chi connectivity index (χ1) is 38.2. The van der Waals surface area contributed by atoms with Crippen molar-refractivity contribution < 1.29 is 0 Å². The number of hydrogen-bond acceptors (Lipinski definition) is 0. The standard InChI is InChI=1S/C72H52B2N4/c1-41-35-43(3)67(44(4)36-41)73-55-39-47(75-57-25-13-7-19-49(57)50-20-8-14-26-58(50)75)31-33-63(55)77-62-30-18-12-24-54(62)66-70-72-65(69(73)71(66)77)53-23-11-17-29-61(53)78(72)64-34-32-48(40-56(64)74(70)68-45(5)37-42(2)38-46(68)6)76-59-27-15-9-21-51(59)52-22-10-16-28-60(52)76/h7-40H,1-6H3. The second-order valence-corrected chi connectivity index (χ2v) is 22.7. The maximum atomic E-state index is 2.68. The molecule has 366 valence electrons. The number of fused-ring (bicyclic) bond motifs is 18. The van der Waals surface area contributed by atoms with Crippen LogP contribution in [0, 0.1) is 41.5 Å². The van der Waals surface area contributed by atoms with Gasteiger partial charge in [0.2, 0.25) is 13.4 Å². The van der Waals surface area contributed by atoms with Crippen LogP contribution in [-0.2, 0) is 0 Å². The molecule has 0 N–H and O–H groups in total. The first-order valence-electron chi connectivity index (χ1n) is 27.7. The minimum absolute atomic E-state index is 0.0957. The van der Waals surface area contributed by atoms with Gasteiger partial charge in [-0.25, -0.2) is 0 Å². The van der Waals surface area contributed by atoms with E-state index in [4.69, 9.17) is 0 Å². The molecule has 2 aliphatic rings. The van der Waals surface area contributed by atoms with Crippen molar-refractivity contribution in [2.75, 3.05) is 0 Å². The van der Waals surface area contributed by atoms with Gasteiger partial charge in [0, 0.05) is 76.9 Å². The Morgan fingerprint density at radius 2 is 0.551 bits per heavy atom. The van der Waals surface area contributed by atoms with E-state index in [1.165, 1.54) is 176 Å². The summed E-state index contributed by atoms with van der Waals surface area (Å²) in [4.78, 5) is 0. The van der Waals surface area contributed by atoms with E-state index in [1.807, 2.05) is 0 Å². The van der Waals surface area contributed by atoms with Crippen LogP contribution in [0.15, 0.2) is 206 Å². The lowest BCUT2D eigenvalue weighted by Gasteiger charge is -2.34. The largest absolute Gasteiger partial charge is 0.310 e. The zero-order chi connectivity index (χ0) is 52.0. The van der Waals surface area contributed by atoms with Crippen molar-refractivity contribution in [3.63, 3.8) is 0 Å². The zero-order valence-corrected chi connectivity index (χ0v) is 44.6. The van der Waals surface area contributed by atoms with Crippen molar-refractivity contribution in [3.8, 4) is 22.7 Å². The summed E-state index contributed by atoms with van der Waals surface area (Å²) in [7, 11) is 0. The molecule has 6 heterocycles. The predicted molar refractivity (Wildman–Crippen MR) is 334 cm³/mol. The lowest BCUT2D eigenvalue weighted by atomic mass is 9.31. The maximum absolute atomic E-state index is 2.68. The number of benzene rings is 11. The normalized spacial score (nSPS) is 12.9. The second kappa shape index (κ2) is 15.7. The Balaban J connectivity index is 1.07. The van der Waals surface area contributed by atoms with Gasteiger partial charge in [0.15, 0.2) is 0 Å². The molecule has 0 amide bonds. The monoisotopic (exact) mass is 994 g/mol. The molecule has 4 aromatic heterocycles. The average Bonchev–Trinajstić information content (AvgIpc) is 3.74. The minimum atomic E-state index is -0.0957. The lowest BCUT2D eigenvalue weighted by Crippen LogP contribution is -2.61. The Kier molecular flexibility index (Phi) is 8.83.